The van der Waals surface area contributed by atoms with Crippen LogP contribution in [0.3, 0.4) is 0 Å². The summed E-state index contributed by atoms with van der Waals surface area (Å²) in [5, 5.41) is 0. The van der Waals surface area contributed by atoms with Gasteiger partial charge in [0.25, 0.3) is 0 Å². The zero-order valence-corrected chi connectivity index (χ0v) is 16.1. The third-order valence-electron chi connectivity index (χ3n) is 4.84. The van der Waals surface area contributed by atoms with Crippen LogP contribution in [0.4, 0.5) is 4.39 Å². The minimum Gasteiger partial charge on any atom is -0.378 e. The number of nitrogens with zero attached hydrogens (tertiary/aromatic N) is 2. The number of ether oxygens (including phenoxy) is 1. The number of morpholine rings is 1. The van der Waals surface area contributed by atoms with E-state index in [1.807, 2.05) is 4.90 Å². The third-order valence-corrected chi connectivity index (χ3v) is 5.34. The number of likely N-dealkylation sites (tertiary alicyclic amines) is 1. The van der Waals surface area contributed by atoms with Crippen molar-refractivity contribution < 1.29 is 18.7 Å². The van der Waals surface area contributed by atoms with Gasteiger partial charge in [-0.25, -0.2) is 4.39 Å². The molecule has 2 aliphatic heterocycles. The van der Waals surface area contributed by atoms with Crippen LogP contribution >= 0.6 is 15.9 Å². The molecule has 2 saturated heterocycles. The average molecular weight is 425 g/mol. The van der Waals surface area contributed by atoms with Crippen LogP contribution in [0.25, 0.3) is 6.08 Å². The Labute approximate surface area is 160 Å². The van der Waals surface area contributed by atoms with Crippen molar-refractivity contribution >= 4 is 33.8 Å². The summed E-state index contributed by atoms with van der Waals surface area (Å²) in [5.41, 5.74) is 0.366. The topological polar surface area (TPSA) is 49.9 Å². The lowest BCUT2D eigenvalue weighted by Gasteiger charge is -2.35. The van der Waals surface area contributed by atoms with Gasteiger partial charge in [0.2, 0.25) is 11.8 Å². The predicted octanol–water partition coefficient (Wildman–Crippen LogP) is 2.70. The molecule has 2 aliphatic rings. The van der Waals surface area contributed by atoms with E-state index in [4.69, 9.17) is 4.74 Å². The number of hydrogen-bond acceptors (Lipinski definition) is 3. The van der Waals surface area contributed by atoms with Gasteiger partial charge in [0.15, 0.2) is 0 Å². The van der Waals surface area contributed by atoms with Crippen molar-refractivity contribution in [2.45, 2.75) is 12.8 Å². The molecule has 0 N–H and O–H groups in total. The van der Waals surface area contributed by atoms with Crippen molar-refractivity contribution in [2.75, 3.05) is 39.4 Å². The van der Waals surface area contributed by atoms with Crippen LogP contribution in [-0.4, -0.2) is 61.0 Å². The van der Waals surface area contributed by atoms with Gasteiger partial charge in [-0.1, -0.05) is 15.9 Å². The summed E-state index contributed by atoms with van der Waals surface area (Å²) in [7, 11) is 0. The number of carbonyl (C=O) groups excluding carboxylic acids is 2. The number of piperidine rings is 1. The van der Waals surface area contributed by atoms with Crippen LogP contribution in [0, 0.1) is 11.7 Å². The van der Waals surface area contributed by atoms with E-state index in [1.165, 1.54) is 18.2 Å². The maximum atomic E-state index is 13.7. The Balaban J connectivity index is 1.52. The van der Waals surface area contributed by atoms with Gasteiger partial charge in [-0.05, 0) is 37.1 Å². The van der Waals surface area contributed by atoms with Gasteiger partial charge in [-0.15, -0.1) is 0 Å². The summed E-state index contributed by atoms with van der Waals surface area (Å²) < 4.78 is 19.8. The van der Waals surface area contributed by atoms with E-state index < -0.39 is 0 Å². The van der Waals surface area contributed by atoms with Gasteiger partial charge in [0.1, 0.15) is 5.82 Å². The maximum Gasteiger partial charge on any atom is 0.246 e. The normalized spacial score (nSPS) is 19.2. The lowest BCUT2D eigenvalue weighted by molar-refractivity contribution is -0.142. The smallest absolute Gasteiger partial charge is 0.246 e. The molecule has 0 aliphatic carbocycles. The van der Waals surface area contributed by atoms with E-state index in [1.54, 1.807) is 17.0 Å². The first-order valence-corrected chi connectivity index (χ1v) is 9.62. The first kappa shape index (κ1) is 19.0. The molecule has 7 heteroatoms. The zero-order valence-electron chi connectivity index (χ0n) is 14.5. The monoisotopic (exact) mass is 424 g/mol. The van der Waals surface area contributed by atoms with Crippen LogP contribution in [-0.2, 0) is 14.3 Å². The highest BCUT2D eigenvalue weighted by Crippen LogP contribution is 2.21. The zero-order chi connectivity index (χ0) is 18.5. The molecular weight excluding hydrogens is 403 g/mol. The average Bonchev–Trinajstić information content (AvgIpc) is 2.68. The number of rotatable bonds is 3. The molecule has 5 nitrogen and oxygen atoms in total. The molecule has 0 unspecified atom stereocenters. The van der Waals surface area contributed by atoms with Crippen molar-refractivity contribution in [3.63, 3.8) is 0 Å². The van der Waals surface area contributed by atoms with E-state index in [2.05, 4.69) is 15.9 Å². The quantitative estimate of drug-likeness (QED) is 0.700. The highest BCUT2D eigenvalue weighted by Gasteiger charge is 2.30. The SMILES string of the molecule is O=C(/C=C\c1cc(Br)ccc1F)N1CCC(C(=O)N2CCOCC2)CC1. The molecule has 0 atom stereocenters. The van der Waals surface area contributed by atoms with E-state index in [-0.39, 0.29) is 23.5 Å². The van der Waals surface area contributed by atoms with Gasteiger partial charge < -0.3 is 14.5 Å². The Morgan fingerprint density at radius 3 is 2.50 bits per heavy atom. The Morgan fingerprint density at radius 1 is 1.12 bits per heavy atom. The summed E-state index contributed by atoms with van der Waals surface area (Å²) >= 11 is 3.29. The van der Waals surface area contributed by atoms with Crippen molar-refractivity contribution in [1.82, 2.24) is 9.80 Å². The van der Waals surface area contributed by atoms with Crippen molar-refractivity contribution in [1.29, 1.82) is 0 Å². The van der Waals surface area contributed by atoms with E-state index in [0.717, 1.165) is 4.47 Å². The van der Waals surface area contributed by atoms with Crippen LogP contribution in [0.2, 0.25) is 0 Å². The largest absolute Gasteiger partial charge is 0.378 e. The van der Waals surface area contributed by atoms with Gasteiger partial charge in [0.05, 0.1) is 13.2 Å². The molecule has 2 fully saturated rings. The first-order valence-electron chi connectivity index (χ1n) is 8.83. The Bertz CT molecular complexity index is 696. The molecule has 0 saturated carbocycles. The molecule has 2 heterocycles. The Kier molecular flexibility index (Phi) is 6.43. The molecule has 0 spiro atoms. The highest BCUT2D eigenvalue weighted by atomic mass is 79.9. The number of amides is 2. The van der Waals surface area contributed by atoms with Crippen LogP contribution < -0.4 is 0 Å². The standard InChI is InChI=1S/C19H22BrFN2O3/c20-16-2-3-17(21)15(13-16)1-4-18(24)22-7-5-14(6-8-22)19(25)23-9-11-26-12-10-23/h1-4,13-14H,5-12H2/b4-1-. The molecule has 1 aromatic carbocycles. The minimum absolute atomic E-state index is 0.0244. The Morgan fingerprint density at radius 2 is 1.81 bits per heavy atom. The molecular formula is C19H22BrFN2O3. The molecule has 1 aromatic rings. The molecule has 0 aromatic heterocycles. The predicted molar refractivity (Wildman–Crippen MR) is 99.8 cm³/mol. The van der Waals surface area contributed by atoms with Crippen LogP contribution in [0.15, 0.2) is 28.7 Å². The van der Waals surface area contributed by atoms with Crippen LogP contribution in [0.1, 0.15) is 18.4 Å². The van der Waals surface area contributed by atoms with Crippen molar-refractivity contribution in [3.8, 4) is 0 Å². The molecule has 26 heavy (non-hydrogen) atoms. The molecule has 2 amide bonds. The van der Waals surface area contributed by atoms with Crippen molar-refractivity contribution in [2.24, 2.45) is 5.92 Å². The second-order valence-electron chi connectivity index (χ2n) is 6.54. The first-order chi connectivity index (χ1) is 12.5. The fourth-order valence-electron chi connectivity index (χ4n) is 3.30. The second-order valence-corrected chi connectivity index (χ2v) is 7.45. The fraction of sp³-hybridized carbons (Fsp3) is 0.474. The summed E-state index contributed by atoms with van der Waals surface area (Å²) in [6.07, 6.45) is 4.23. The maximum absolute atomic E-state index is 13.7. The summed E-state index contributed by atoms with van der Waals surface area (Å²) in [6.45, 7) is 3.59. The molecule has 140 valence electrons. The van der Waals surface area contributed by atoms with Crippen LogP contribution in [0.5, 0.6) is 0 Å². The molecule has 0 radical (unpaired) electrons. The number of halogens is 2. The molecule has 0 bridgehead atoms. The second kappa shape index (κ2) is 8.77. The lowest BCUT2D eigenvalue weighted by atomic mass is 9.95. The number of hydrogen-bond donors (Lipinski definition) is 0. The highest BCUT2D eigenvalue weighted by molar-refractivity contribution is 9.10. The number of carbonyl (C=O) groups is 2. The van der Waals surface area contributed by atoms with Gasteiger partial charge in [0, 0.05) is 48.2 Å². The van der Waals surface area contributed by atoms with Gasteiger partial charge >= 0.3 is 0 Å². The Hall–Kier alpha value is -1.73. The van der Waals surface area contributed by atoms with E-state index in [9.17, 15) is 14.0 Å². The van der Waals surface area contributed by atoms with Gasteiger partial charge in [-0.3, -0.25) is 9.59 Å². The van der Waals surface area contributed by atoms with Gasteiger partial charge in [-0.2, -0.15) is 0 Å². The van der Waals surface area contributed by atoms with E-state index in [0.29, 0.717) is 57.8 Å². The van der Waals surface area contributed by atoms with Crippen molar-refractivity contribution in [3.05, 3.63) is 40.1 Å². The third kappa shape index (κ3) is 4.71. The lowest BCUT2D eigenvalue weighted by Crippen LogP contribution is -2.47. The minimum atomic E-state index is -0.368. The van der Waals surface area contributed by atoms with E-state index >= 15 is 0 Å². The fourth-order valence-corrected chi connectivity index (χ4v) is 3.68. The number of benzene rings is 1. The summed E-state index contributed by atoms with van der Waals surface area (Å²) in [4.78, 5) is 28.4. The summed E-state index contributed by atoms with van der Waals surface area (Å²) in [5.74, 6) is -0.371. The summed E-state index contributed by atoms with van der Waals surface area (Å²) in [6, 6.07) is 4.61. The molecule has 3 rings (SSSR count).